The molecule has 1 fully saturated rings. The lowest BCUT2D eigenvalue weighted by molar-refractivity contribution is -0.136. The molecule has 9 heteroatoms. The van der Waals surface area contributed by atoms with E-state index in [9.17, 15) is 14.4 Å². The molecule has 2 aliphatic rings. The third-order valence-corrected chi connectivity index (χ3v) is 5.81. The molecule has 1 unspecified atom stereocenters. The normalized spacial score (nSPS) is 18.3. The van der Waals surface area contributed by atoms with Crippen LogP contribution < -0.4 is 11.1 Å². The van der Waals surface area contributed by atoms with E-state index in [2.05, 4.69) is 15.6 Å². The molecule has 0 bridgehead atoms. The Bertz CT molecular complexity index is 1250. The number of rotatable bonds is 3. The van der Waals surface area contributed by atoms with Crippen molar-refractivity contribution in [1.29, 1.82) is 0 Å². The van der Waals surface area contributed by atoms with Gasteiger partial charge in [-0.3, -0.25) is 19.7 Å². The molecule has 5 rings (SSSR count). The maximum atomic E-state index is 12.9. The smallest absolute Gasteiger partial charge is 0.255 e. The third kappa shape index (κ3) is 3.14. The quantitative estimate of drug-likeness (QED) is 0.494. The first-order chi connectivity index (χ1) is 14.9. The minimum absolute atomic E-state index is 0.198. The number of fused-ring (bicyclic) bond motifs is 1. The zero-order valence-corrected chi connectivity index (χ0v) is 16.8. The number of hydrogen-bond donors (Lipinski definition) is 2. The Labute approximate surface area is 177 Å². The van der Waals surface area contributed by atoms with E-state index >= 15 is 0 Å². The minimum Gasteiger partial charge on any atom is -0.399 e. The first-order valence-corrected chi connectivity index (χ1v) is 9.98. The van der Waals surface area contributed by atoms with Crippen LogP contribution in [0.4, 0.5) is 5.69 Å². The topological polar surface area (TPSA) is 123 Å². The van der Waals surface area contributed by atoms with Crippen LogP contribution in [-0.2, 0) is 16.1 Å². The second kappa shape index (κ2) is 7.05. The van der Waals surface area contributed by atoms with Crippen molar-refractivity contribution in [2.45, 2.75) is 32.4 Å². The monoisotopic (exact) mass is 416 g/mol. The molecule has 3 amide bonds. The van der Waals surface area contributed by atoms with Gasteiger partial charge in [0, 0.05) is 29.8 Å². The first-order valence-electron chi connectivity index (χ1n) is 9.98. The molecule has 2 aliphatic heterocycles. The lowest BCUT2D eigenvalue weighted by atomic mass is 10.0. The van der Waals surface area contributed by atoms with Gasteiger partial charge in [0.05, 0.1) is 11.4 Å². The van der Waals surface area contributed by atoms with Crippen molar-refractivity contribution >= 4 is 23.4 Å². The van der Waals surface area contributed by atoms with E-state index in [1.807, 2.05) is 43.3 Å². The maximum absolute atomic E-state index is 12.9. The molecule has 156 valence electrons. The zero-order chi connectivity index (χ0) is 21.7. The van der Waals surface area contributed by atoms with E-state index in [0.717, 1.165) is 22.5 Å². The standard InChI is InChI=1S/C22H20N6O3/c1-12-20(25-26-28(12)16-4-2-3-15(23)10-16)13-5-6-17-14(9-13)11-27(22(17)31)18-7-8-19(29)24-21(18)30/h2-6,9-10,18H,7-8,11,23H2,1H3,(H,24,29,30). The molecule has 9 nitrogen and oxygen atoms in total. The van der Waals surface area contributed by atoms with Crippen molar-refractivity contribution in [3.8, 4) is 16.9 Å². The molecule has 2 aromatic carbocycles. The summed E-state index contributed by atoms with van der Waals surface area (Å²) in [4.78, 5) is 38.1. The second-order valence-electron chi connectivity index (χ2n) is 7.80. The number of nitrogens with zero attached hydrogens (tertiary/aromatic N) is 4. The number of carbonyl (C=O) groups is 3. The summed E-state index contributed by atoms with van der Waals surface area (Å²) >= 11 is 0. The first kappa shape index (κ1) is 19.0. The van der Waals surface area contributed by atoms with Gasteiger partial charge in [0.1, 0.15) is 11.7 Å². The molecular formula is C22H20N6O3. The van der Waals surface area contributed by atoms with Crippen molar-refractivity contribution in [3.05, 3.63) is 59.3 Å². The molecule has 31 heavy (non-hydrogen) atoms. The lowest BCUT2D eigenvalue weighted by Crippen LogP contribution is -2.52. The summed E-state index contributed by atoms with van der Waals surface area (Å²) < 4.78 is 1.72. The van der Waals surface area contributed by atoms with Crippen molar-refractivity contribution in [3.63, 3.8) is 0 Å². The van der Waals surface area contributed by atoms with E-state index in [0.29, 0.717) is 29.9 Å². The van der Waals surface area contributed by atoms with Crippen LogP contribution in [0.1, 0.15) is 34.5 Å². The highest BCUT2D eigenvalue weighted by Gasteiger charge is 2.39. The number of nitrogen functional groups attached to an aromatic ring is 1. The number of imide groups is 1. The molecule has 3 aromatic rings. The Balaban J connectivity index is 1.45. The molecule has 0 aliphatic carbocycles. The number of anilines is 1. The maximum Gasteiger partial charge on any atom is 0.255 e. The Morgan fingerprint density at radius 3 is 2.74 bits per heavy atom. The molecule has 0 radical (unpaired) electrons. The molecule has 1 atom stereocenters. The van der Waals surface area contributed by atoms with Crippen LogP contribution in [0, 0.1) is 6.92 Å². The molecule has 3 N–H and O–H groups in total. The predicted octanol–water partition coefficient (Wildman–Crippen LogP) is 1.59. The minimum atomic E-state index is -0.632. The molecule has 1 aromatic heterocycles. The van der Waals surface area contributed by atoms with Crippen molar-refractivity contribution in [2.24, 2.45) is 0 Å². The van der Waals surface area contributed by atoms with E-state index in [4.69, 9.17) is 5.73 Å². The predicted molar refractivity (Wildman–Crippen MR) is 112 cm³/mol. The van der Waals surface area contributed by atoms with Crippen LogP contribution in [0.3, 0.4) is 0 Å². The fourth-order valence-corrected chi connectivity index (χ4v) is 4.22. The fraction of sp³-hybridized carbons (Fsp3) is 0.227. The van der Waals surface area contributed by atoms with Gasteiger partial charge >= 0.3 is 0 Å². The number of amides is 3. The molecule has 3 heterocycles. The van der Waals surface area contributed by atoms with E-state index in [-0.39, 0.29) is 18.2 Å². The van der Waals surface area contributed by atoms with Crippen LogP contribution in [0.25, 0.3) is 16.9 Å². The highest BCUT2D eigenvalue weighted by molar-refractivity contribution is 6.05. The molecule has 1 saturated heterocycles. The van der Waals surface area contributed by atoms with Gasteiger partial charge in [0.15, 0.2) is 0 Å². The van der Waals surface area contributed by atoms with Gasteiger partial charge in [-0.15, -0.1) is 5.10 Å². The van der Waals surface area contributed by atoms with Gasteiger partial charge in [0.25, 0.3) is 5.91 Å². The number of benzene rings is 2. The van der Waals surface area contributed by atoms with Gasteiger partial charge in [0.2, 0.25) is 11.8 Å². The lowest BCUT2D eigenvalue weighted by Gasteiger charge is -2.29. The highest BCUT2D eigenvalue weighted by Crippen LogP contribution is 2.32. The summed E-state index contributed by atoms with van der Waals surface area (Å²) in [5.74, 6) is -0.916. The summed E-state index contributed by atoms with van der Waals surface area (Å²) in [5, 5.41) is 10.9. The Hall–Kier alpha value is -4.01. The summed E-state index contributed by atoms with van der Waals surface area (Å²) in [6.45, 7) is 2.24. The summed E-state index contributed by atoms with van der Waals surface area (Å²) in [6.07, 6.45) is 0.568. The number of nitrogens with one attached hydrogen (secondary N) is 1. The van der Waals surface area contributed by atoms with Crippen LogP contribution in [-0.4, -0.2) is 43.7 Å². The number of aromatic nitrogens is 3. The van der Waals surface area contributed by atoms with Gasteiger partial charge in [-0.05, 0) is 49.2 Å². The van der Waals surface area contributed by atoms with Crippen LogP contribution in [0.15, 0.2) is 42.5 Å². The van der Waals surface area contributed by atoms with Crippen LogP contribution in [0.2, 0.25) is 0 Å². The Morgan fingerprint density at radius 1 is 1.13 bits per heavy atom. The molecular weight excluding hydrogens is 396 g/mol. The van der Waals surface area contributed by atoms with E-state index in [1.165, 1.54) is 4.90 Å². The van der Waals surface area contributed by atoms with Crippen LogP contribution in [0.5, 0.6) is 0 Å². The van der Waals surface area contributed by atoms with Gasteiger partial charge in [-0.1, -0.05) is 17.3 Å². The van der Waals surface area contributed by atoms with E-state index < -0.39 is 11.9 Å². The molecule has 0 spiro atoms. The number of hydrogen-bond acceptors (Lipinski definition) is 6. The van der Waals surface area contributed by atoms with Gasteiger partial charge in [-0.2, -0.15) is 0 Å². The van der Waals surface area contributed by atoms with E-state index in [1.54, 1.807) is 10.7 Å². The van der Waals surface area contributed by atoms with Crippen molar-refractivity contribution < 1.29 is 14.4 Å². The average molecular weight is 416 g/mol. The summed E-state index contributed by atoms with van der Waals surface area (Å²) in [7, 11) is 0. The summed E-state index contributed by atoms with van der Waals surface area (Å²) in [6, 6.07) is 12.3. The SMILES string of the molecule is Cc1c(-c2ccc3c(c2)CN(C2CCC(=O)NC2=O)C3=O)nnn1-c1cccc(N)c1. The van der Waals surface area contributed by atoms with Gasteiger partial charge < -0.3 is 10.6 Å². The van der Waals surface area contributed by atoms with Crippen LogP contribution >= 0.6 is 0 Å². The third-order valence-electron chi connectivity index (χ3n) is 5.81. The van der Waals surface area contributed by atoms with Crippen molar-refractivity contribution in [2.75, 3.05) is 5.73 Å². The van der Waals surface area contributed by atoms with Crippen molar-refractivity contribution in [1.82, 2.24) is 25.2 Å². The largest absolute Gasteiger partial charge is 0.399 e. The Kier molecular flexibility index (Phi) is 4.32. The zero-order valence-electron chi connectivity index (χ0n) is 16.8. The number of nitrogens with two attached hydrogens (primary N) is 1. The van der Waals surface area contributed by atoms with Gasteiger partial charge in [-0.25, -0.2) is 4.68 Å². The fourth-order valence-electron chi connectivity index (χ4n) is 4.22. The second-order valence-corrected chi connectivity index (χ2v) is 7.80. The molecule has 0 saturated carbocycles. The average Bonchev–Trinajstić information content (AvgIpc) is 3.28. The summed E-state index contributed by atoms with van der Waals surface area (Å²) in [5.41, 5.74) is 11.1. The number of carbonyl (C=O) groups excluding carboxylic acids is 3. The highest BCUT2D eigenvalue weighted by atomic mass is 16.2. The Morgan fingerprint density at radius 2 is 1.97 bits per heavy atom. The number of piperidine rings is 1.